The molecule has 13 nitrogen and oxygen atoms in total. The van der Waals surface area contributed by atoms with E-state index in [2.05, 4.69) is 30.3 Å². The van der Waals surface area contributed by atoms with Crippen molar-refractivity contribution in [1.29, 1.82) is 0 Å². The van der Waals surface area contributed by atoms with Crippen LogP contribution in [0.2, 0.25) is 0 Å². The summed E-state index contributed by atoms with van der Waals surface area (Å²) in [5.74, 6) is 2.07. The van der Waals surface area contributed by atoms with Gasteiger partial charge in [0.1, 0.15) is 12.1 Å². The summed E-state index contributed by atoms with van der Waals surface area (Å²) >= 11 is 0.963. The molecular formula is C24H28N8O5S2. The number of carbonyl (C=O) groups is 1. The van der Waals surface area contributed by atoms with Gasteiger partial charge in [0, 0.05) is 44.9 Å². The van der Waals surface area contributed by atoms with Crippen LogP contribution in [0.4, 0.5) is 10.9 Å². The number of aromatic nitrogens is 5. The molecule has 3 aromatic heterocycles. The second-order valence-electron chi connectivity index (χ2n) is 8.85. The van der Waals surface area contributed by atoms with E-state index < -0.39 is 10.0 Å². The number of fused-ring (bicyclic) bond motifs is 1. The topological polar surface area (TPSA) is 144 Å². The first-order valence-corrected chi connectivity index (χ1v) is 14.4. The third kappa shape index (κ3) is 5.12. The lowest BCUT2D eigenvalue weighted by Crippen LogP contribution is -2.35. The smallest absolute Gasteiger partial charge is 0.254 e. The molecule has 4 heterocycles. The zero-order valence-corrected chi connectivity index (χ0v) is 23.5. The molecule has 1 saturated heterocycles. The molecule has 1 aliphatic rings. The molecule has 0 spiro atoms. The predicted octanol–water partition coefficient (Wildman–Crippen LogP) is 2.43. The lowest BCUT2D eigenvalue weighted by atomic mass is 10.1. The molecular weight excluding hydrogens is 544 g/mol. The molecule has 15 heteroatoms. The van der Waals surface area contributed by atoms with Crippen LogP contribution in [0, 0.1) is 6.92 Å². The average molecular weight is 573 g/mol. The highest BCUT2D eigenvalue weighted by atomic mass is 32.2. The number of aryl methyl sites for hydroxylation is 1. The Hall–Kier alpha value is -3.82. The molecule has 0 saturated carbocycles. The van der Waals surface area contributed by atoms with Gasteiger partial charge in [0.25, 0.3) is 15.8 Å². The van der Waals surface area contributed by atoms with E-state index in [1.807, 2.05) is 18.2 Å². The van der Waals surface area contributed by atoms with Gasteiger partial charge in [0.2, 0.25) is 5.91 Å². The number of hydrogen-bond donors (Lipinski definition) is 1. The largest absolute Gasteiger partial charge is 0.493 e. The van der Waals surface area contributed by atoms with Crippen molar-refractivity contribution >= 4 is 44.0 Å². The minimum absolute atomic E-state index is 0.133. The van der Waals surface area contributed by atoms with Gasteiger partial charge in [-0.2, -0.15) is 18.9 Å². The highest BCUT2D eigenvalue weighted by Crippen LogP contribution is 2.37. The van der Waals surface area contributed by atoms with Gasteiger partial charge >= 0.3 is 0 Å². The van der Waals surface area contributed by atoms with E-state index in [1.54, 1.807) is 31.9 Å². The Balaban J connectivity index is 1.48. The number of benzene rings is 1. The van der Waals surface area contributed by atoms with E-state index in [4.69, 9.17) is 9.47 Å². The highest BCUT2D eigenvalue weighted by molar-refractivity contribution is 7.91. The number of methoxy groups -OCH3 is 2. The maximum atomic E-state index is 13.6. The highest BCUT2D eigenvalue weighted by Gasteiger charge is 2.32. The number of sulfonamides is 1. The minimum Gasteiger partial charge on any atom is -0.493 e. The van der Waals surface area contributed by atoms with Gasteiger partial charge in [0.15, 0.2) is 20.8 Å². The SMILES string of the molecule is COc1ccc(-c2cnc3ncnn3c2N2CCCN(S(=O)(=O)c3sc(NC(C)=O)nc3C)CC2)cc1OC. The quantitative estimate of drug-likeness (QED) is 0.351. The third-order valence-electron chi connectivity index (χ3n) is 6.34. The first-order chi connectivity index (χ1) is 18.7. The Morgan fingerprint density at radius 3 is 2.62 bits per heavy atom. The van der Waals surface area contributed by atoms with Crippen molar-refractivity contribution in [2.24, 2.45) is 0 Å². The zero-order chi connectivity index (χ0) is 27.7. The van der Waals surface area contributed by atoms with Crippen LogP contribution >= 0.6 is 11.3 Å². The van der Waals surface area contributed by atoms with Crippen LogP contribution in [0.25, 0.3) is 16.9 Å². The second kappa shape index (κ2) is 10.7. The van der Waals surface area contributed by atoms with Crippen molar-refractivity contribution in [2.45, 2.75) is 24.5 Å². The third-order valence-corrected chi connectivity index (χ3v) is 9.90. The fourth-order valence-corrected chi connectivity index (χ4v) is 7.63. The Morgan fingerprint density at radius 2 is 1.87 bits per heavy atom. The number of rotatable bonds is 7. The normalized spacial score (nSPS) is 14.8. The van der Waals surface area contributed by atoms with E-state index >= 15 is 0 Å². The Labute approximate surface area is 229 Å². The summed E-state index contributed by atoms with van der Waals surface area (Å²) in [6.07, 6.45) is 3.77. The van der Waals surface area contributed by atoms with E-state index in [-0.39, 0.29) is 21.8 Å². The van der Waals surface area contributed by atoms with E-state index in [1.165, 1.54) is 17.6 Å². The second-order valence-corrected chi connectivity index (χ2v) is 12.0. The molecule has 206 valence electrons. The summed E-state index contributed by atoms with van der Waals surface area (Å²) in [5, 5.41) is 7.25. The van der Waals surface area contributed by atoms with Gasteiger partial charge in [-0.25, -0.2) is 18.4 Å². The first kappa shape index (κ1) is 26.8. The van der Waals surface area contributed by atoms with Gasteiger partial charge < -0.3 is 19.7 Å². The average Bonchev–Trinajstić information content (AvgIpc) is 3.45. The fraction of sp³-hybridized carbons (Fsp3) is 0.375. The summed E-state index contributed by atoms with van der Waals surface area (Å²) < 4.78 is 41.4. The van der Waals surface area contributed by atoms with Crippen LogP contribution in [0.3, 0.4) is 0 Å². The molecule has 1 N–H and O–H groups in total. The van der Waals surface area contributed by atoms with Crippen molar-refractivity contribution in [3.05, 3.63) is 36.4 Å². The van der Waals surface area contributed by atoms with E-state index in [0.717, 1.165) is 28.3 Å². The number of carbonyl (C=O) groups excluding carboxylic acids is 1. The lowest BCUT2D eigenvalue weighted by molar-refractivity contribution is -0.114. The minimum atomic E-state index is -3.81. The molecule has 0 bridgehead atoms. The number of hydrogen-bond acceptors (Lipinski definition) is 11. The Bertz CT molecular complexity index is 1630. The molecule has 4 aromatic rings. The molecule has 39 heavy (non-hydrogen) atoms. The van der Waals surface area contributed by atoms with Crippen molar-refractivity contribution in [3.8, 4) is 22.6 Å². The van der Waals surface area contributed by atoms with Crippen LogP contribution in [-0.4, -0.2) is 83.6 Å². The van der Waals surface area contributed by atoms with Crippen molar-refractivity contribution in [3.63, 3.8) is 0 Å². The summed E-state index contributed by atoms with van der Waals surface area (Å²) in [7, 11) is -0.654. The summed E-state index contributed by atoms with van der Waals surface area (Å²) in [6, 6.07) is 5.61. The van der Waals surface area contributed by atoms with Crippen molar-refractivity contribution in [2.75, 3.05) is 50.6 Å². The number of nitrogens with one attached hydrogen (secondary N) is 1. The van der Waals surface area contributed by atoms with Crippen LogP contribution < -0.4 is 19.7 Å². The number of ether oxygens (including phenoxy) is 2. The van der Waals surface area contributed by atoms with E-state index in [9.17, 15) is 13.2 Å². The lowest BCUT2D eigenvalue weighted by Gasteiger charge is -2.26. The summed E-state index contributed by atoms with van der Waals surface area (Å²) in [6.45, 7) is 4.57. The van der Waals surface area contributed by atoms with Gasteiger partial charge in [-0.05, 0) is 31.0 Å². The molecule has 1 amide bonds. The molecule has 1 aliphatic heterocycles. The fourth-order valence-electron chi connectivity index (χ4n) is 4.57. The van der Waals surface area contributed by atoms with E-state index in [0.29, 0.717) is 49.0 Å². The number of amides is 1. The van der Waals surface area contributed by atoms with Gasteiger partial charge in [0.05, 0.1) is 19.9 Å². The predicted molar refractivity (Wildman–Crippen MR) is 146 cm³/mol. The maximum Gasteiger partial charge on any atom is 0.254 e. The van der Waals surface area contributed by atoms with Crippen LogP contribution in [0.5, 0.6) is 11.5 Å². The number of anilines is 2. The molecule has 0 atom stereocenters. The number of thiazole rings is 1. The molecule has 1 fully saturated rings. The molecule has 0 unspecified atom stereocenters. The van der Waals surface area contributed by atoms with Gasteiger partial charge in [-0.15, -0.1) is 0 Å². The molecule has 0 radical (unpaired) electrons. The standard InChI is InChI=1S/C24H28N8O5S2/c1-15-22(38-24(28-15)29-16(2)33)39(34,35)31-9-5-8-30(10-11-31)21-18(13-25-23-26-14-27-32(21)23)17-6-7-19(36-3)20(12-17)37-4/h6-7,12-14H,5,8-11H2,1-4H3,(H,28,29,33). The van der Waals surface area contributed by atoms with Crippen molar-refractivity contribution < 1.29 is 22.7 Å². The van der Waals surface area contributed by atoms with Gasteiger partial charge in [-0.3, -0.25) is 4.79 Å². The van der Waals surface area contributed by atoms with Gasteiger partial charge in [-0.1, -0.05) is 17.4 Å². The van der Waals surface area contributed by atoms with Crippen LogP contribution in [0.1, 0.15) is 19.0 Å². The monoisotopic (exact) mass is 572 g/mol. The van der Waals surface area contributed by atoms with Crippen LogP contribution in [-0.2, 0) is 14.8 Å². The maximum absolute atomic E-state index is 13.6. The summed E-state index contributed by atoms with van der Waals surface area (Å²) in [4.78, 5) is 26.5. The molecule has 0 aliphatic carbocycles. The Kier molecular flexibility index (Phi) is 7.38. The van der Waals surface area contributed by atoms with Crippen molar-refractivity contribution in [1.82, 2.24) is 28.9 Å². The first-order valence-electron chi connectivity index (χ1n) is 12.1. The zero-order valence-electron chi connectivity index (χ0n) is 21.9. The molecule has 1 aromatic carbocycles. The number of nitrogens with zero attached hydrogens (tertiary/aromatic N) is 7. The Morgan fingerprint density at radius 1 is 1.08 bits per heavy atom. The van der Waals surface area contributed by atoms with Crippen LogP contribution in [0.15, 0.2) is 34.9 Å². The molecule has 5 rings (SSSR count). The summed E-state index contributed by atoms with van der Waals surface area (Å²) in [5.41, 5.74) is 2.00.